The second kappa shape index (κ2) is 6.80. The van der Waals surface area contributed by atoms with Crippen molar-refractivity contribution in [1.29, 1.82) is 0 Å². The zero-order chi connectivity index (χ0) is 13.6. The van der Waals surface area contributed by atoms with Crippen LogP contribution in [-0.2, 0) is 0 Å². The Bertz CT molecular complexity index is 367. The fraction of sp³-hybridized carbons (Fsp3) is 0.625. The van der Waals surface area contributed by atoms with Crippen LogP contribution in [0.15, 0.2) is 24.3 Å². The Labute approximate surface area is 116 Å². The number of anilines is 1. The summed E-state index contributed by atoms with van der Waals surface area (Å²) in [6, 6.07) is 7.96. The van der Waals surface area contributed by atoms with Gasteiger partial charge in [-0.05, 0) is 37.1 Å². The van der Waals surface area contributed by atoms with Crippen LogP contribution in [0.25, 0.3) is 0 Å². The van der Waals surface area contributed by atoms with E-state index in [2.05, 4.69) is 5.32 Å². The van der Waals surface area contributed by atoms with Crippen molar-refractivity contribution in [2.75, 3.05) is 19.0 Å². The SMILES string of the molecule is COc1ccc(NC2(CO)CCCCCCC2)cc1. The Hall–Kier alpha value is -1.22. The Morgan fingerprint density at radius 2 is 1.63 bits per heavy atom. The molecule has 1 aromatic carbocycles. The van der Waals surface area contributed by atoms with Crippen molar-refractivity contribution >= 4 is 5.69 Å². The fourth-order valence-corrected chi connectivity index (χ4v) is 2.89. The molecular formula is C16H25NO2. The maximum atomic E-state index is 9.83. The van der Waals surface area contributed by atoms with Crippen LogP contribution >= 0.6 is 0 Å². The molecule has 0 aromatic heterocycles. The Balaban J connectivity index is 2.06. The minimum atomic E-state index is -0.144. The van der Waals surface area contributed by atoms with Gasteiger partial charge in [0, 0.05) is 5.69 Å². The highest BCUT2D eigenvalue weighted by Gasteiger charge is 2.29. The summed E-state index contributed by atoms with van der Waals surface area (Å²) in [4.78, 5) is 0. The van der Waals surface area contributed by atoms with Crippen molar-refractivity contribution in [2.45, 2.75) is 50.5 Å². The molecule has 0 aliphatic heterocycles. The third-order valence-corrected chi connectivity index (χ3v) is 4.11. The third-order valence-electron chi connectivity index (χ3n) is 4.11. The molecule has 19 heavy (non-hydrogen) atoms. The molecule has 0 unspecified atom stereocenters. The molecule has 0 spiro atoms. The molecule has 1 saturated carbocycles. The molecule has 0 heterocycles. The van der Waals surface area contributed by atoms with Crippen LogP contribution in [-0.4, -0.2) is 24.4 Å². The largest absolute Gasteiger partial charge is 0.497 e. The summed E-state index contributed by atoms with van der Waals surface area (Å²) in [5.74, 6) is 0.862. The van der Waals surface area contributed by atoms with Gasteiger partial charge in [-0.1, -0.05) is 32.1 Å². The van der Waals surface area contributed by atoms with Crippen molar-refractivity contribution in [2.24, 2.45) is 0 Å². The van der Waals surface area contributed by atoms with Gasteiger partial charge in [-0.15, -0.1) is 0 Å². The minimum Gasteiger partial charge on any atom is -0.497 e. The Morgan fingerprint density at radius 3 is 2.16 bits per heavy atom. The van der Waals surface area contributed by atoms with Gasteiger partial charge in [0.05, 0.1) is 19.3 Å². The number of benzene rings is 1. The van der Waals surface area contributed by atoms with Crippen molar-refractivity contribution in [1.82, 2.24) is 0 Å². The van der Waals surface area contributed by atoms with Crippen LogP contribution in [0, 0.1) is 0 Å². The van der Waals surface area contributed by atoms with Gasteiger partial charge >= 0.3 is 0 Å². The summed E-state index contributed by atoms with van der Waals surface area (Å²) >= 11 is 0. The third kappa shape index (κ3) is 3.87. The maximum Gasteiger partial charge on any atom is 0.119 e. The molecule has 0 radical (unpaired) electrons. The van der Waals surface area contributed by atoms with E-state index >= 15 is 0 Å². The molecule has 2 rings (SSSR count). The molecule has 0 amide bonds. The number of aliphatic hydroxyl groups excluding tert-OH is 1. The van der Waals surface area contributed by atoms with E-state index in [1.165, 1.54) is 32.1 Å². The second-order valence-electron chi connectivity index (χ2n) is 5.56. The van der Waals surface area contributed by atoms with Crippen molar-refractivity contribution in [3.63, 3.8) is 0 Å². The molecule has 106 valence electrons. The quantitative estimate of drug-likeness (QED) is 0.872. The predicted octanol–water partition coefficient (Wildman–Crippen LogP) is 3.58. The number of hydrogen-bond acceptors (Lipinski definition) is 3. The van der Waals surface area contributed by atoms with E-state index in [0.29, 0.717) is 0 Å². The van der Waals surface area contributed by atoms with Crippen molar-refractivity contribution in [3.8, 4) is 5.75 Å². The van der Waals surface area contributed by atoms with E-state index in [-0.39, 0.29) is 12.1 Å². The minimum absolute atomic E-state index is 0.144. The zero-order valence-corrected chi connectivity index (χ0v) is 11.8. The Morgan fingerprint density at radius 1 is 1.05 bits per heavy atom. The molecule has 2 N–H and O–H groups in total. The average Bonchev–Trinajstić information content (AvgIpc) is 2.43. The standard InChI is InChI=1S/C16H25NO2/c1-19-15-9-7-14(8-10-15)17-16(13-18)11-5-3-2-4-6-12-16/h7-10,17-18H,2-6,11-13H2,1H3. The first kappa shape index (κ1) is 14.2. The normalized spacial score (nSPS) is 19.3. The van der Waals surface area contributed by atoms with Crippen LogP contribution in [0.2, 0.25) is 0 Å². The summed E-state index contributed by atoms with van der Waals surface area (Å²) in [6.45, 7) is 0.207. The van der Waals surface area contributed by atoms with Crippen molar-refractivity contribution in [3.05, 3.63) is 24.3 Å². The fourth-order valence-electron chi connectivity index (χ4n) is 2.89. The highest BCUT2D eigenvalue weighted by molar-refractivity contribution is 5.48. The number of aliphatic hydroxyl groups is 1. The summed E-state index contributed by atoms with van der Waals surface area (Å²) in [5, 5.41) is 13.4. The number of methoxy groups -OCH3 is 1. The van der Waals surface area contributed by atoms with Crippen LogP contribution in [0.4, 0.5) is 5.69 Å². The summed E-state index contributed by atoms with van der Waals surface area (Å²) in [5.41, 5.74) is 0.921. The molecule has 3 heteroatoms. The first-order chi connectivity index (χ1) is 9.28. The molecular weight excluding hydrogens is 238 g/mol. The molecule has 0 saturated heterocycles. The molecule has 1 aliphatic carbocycles. The van der Waals surface area contributed by atoms with Gasteiger partial charge in [-0.2, -0.15) is 0 Å². The first-order valence-electron chi connectivity index (χ1n) is 7.31. The number of hydrogen-bond donors (Lipinski definition) is 2. The van der Waals surface area contributed by atoms with E-state index in [4.69, 9.17) is 4.74 Å². The smallest absolute Gasteiger partial charge is 0.119 e. The van der Waals surface area contributed by atoms with E-state index in [9.17, 15) is 5.11 Å². The molecule has 0 bridgehead atoms. The van der Waals surface area contributed by atoms with E-state index < -0.39 is 0 Å². The van der Waals surface area contributed by atoms with Gasteiger partial charge in [0.1, 0.15) is 5.75 Å². The van der Waals surface area contributed by atoms with Crippen LogP contribution in [0.3, 0.4) is 0 Å². The lowest BCUT2D eigenvalue weighted by Crippen LogP contribution is -2.42. The van der Waals surface area contributed by atoms with Crippen molar-refractivity contribution < 1.29 is 9.84 Å². The lowest BCUT2D eigenvalue weighted by molar-refractivity contribution is 0.182. The summed E-state index contributed by atoms with van der Waals surface area (Å²) < 4.78 is 5.17. The van der Waals surface area contributed by atoms with E-state index in [1.807, 2.05) is 24.3 Å². The highest BCUT2D eigenvalue weighted by atomic mass is 16.5. The molecule has 1 aromatic rings. The highest BCUT2D eigenvalue weighted by Crippen LogP contribution is 2.30. The van der Waals surface area contributed by atoms with E-state index in [1.54, 1.807) is 7.11 Å². The van der Waals surface area contributed by atoms with Gasteiger partial charge in [-0.3, -0.25) is 0 Å². The maximum absolute atomic E-state index is 9.83. The predicted molar refractivity (Wildman–Crippen MR) is 78.8 cm³/mol. The topological polar surface area (TPSA) is 41.5 Å². The van der Waals surface area contributed by atoms with E-state index in [0.717, 1.165) is 24.3 Å². The first-order valence-corrected chi connectivity index (χ1v) is 7.31. The lowest BCUT2D eigenvalue weighted by Gasteiger charge is -2.35. The summed E-state index contributed by atoms with van der Waals surface area (Å²) in [6.07, 6.45) is 8.40. The summed E-state index contributed by atoms with van der Waals surface area (Å²) in [7, 11) is 1.67. The monoisotopic (exact) mass is 263 g/mol. The number of nitrogens with one attached hydrogen (secondary N) is 1. The molecule has 1 aliphatic rings. The second-order valence-corrected chi connectivity index (χ2v) is 5.56. The molecule has 3 nitrogen and oxygen atoms in total. The lowest BCUT2D eigenvalue weighted by atomic mass is 9.84. The van der Waals surface area contributed by atoms with Gasteiger partial charge in [-0.25, -0.2) is 0 Å². The van der Waals surface area contributed by atoms with Gasteiger partial charge in [0.2, 0.25) is 0 Å². The van der Waals surface area contributed by atoms with Gasteiger partial charge in [0.25, 0.3) is 0 Å². The zero-order valence-electron chi connectivity index (χ0n) is 11.8. The van der Waals surface area contributed by atoms with Crippen LogP contribution < -0.4 is 10.1 Å². The Kier molecular flexibility index (Phi) is 5.08. The molecule has 1 fully saturated rings. The number of rotatable bonds is 4. The van der Waals surface area contributed by atoms with Gasteiger partial charge in [0.15, 0.2) is 0 Å². The van der Waals surface area contributed by atoms with Gasteiger partial charge < -0.3 is 15.2 Å². The average molecular weight is 263 g/mol. The number of ether oxygens (including phenoxy) is 1. The van der Waals surface area contributed by atoms with Crippen LogP contribution in [0.1, 0.15) is 44.9 Å². The molecule has 0 atom stereocenters. The van der Waals surface area contributed by atoms with Crippen LogP contribution in [0.5, 0.6) is 5.75 Å².